The van der Waals surface area contributed by atoms with Gasteiger partial charge in [0.05, 0.1) is 32.2 Å². The molecule has 3 rings (SSSR count). The summed E-state index contributed by atoms with van der Waals surface area (Å²) < 4.78 is 12.6. The molecule has 0 bridgehead atoms. The van der Waals surface area contributed by atoms with Crippen LogP contribution >= 0.6 is 0 Å². The zero-order valence-corrected chi connectivity index (χ0v) is 16.1. The van der Waals surface area contributed by atoms with Crippen molar-refractivity contribution in [3.63, 3.8) is 0 Å². The van der Waals surface area contributed by atoms with E-state index in [0.717, 1.165) is 0 Å². The van der Waals surface area contributed by atoms with E-state index < -0.39 is 17.7 Å². The Kier molecular flexibility index (Phi) is 5.67. The second-order valence-electron chi connectivity index (χ2n) is 6.48. The Hall–Kier alpha value is -3.29. The van der Waals surface area contributed by atoms with E-state index in [0.29, 0.717) is 36.6 Å². The summed E-state index contributed by atoms with van der Waals surface area (Å²) in [6.07, 6.45) is 5.86. The molecule has 8 heteroatoms. The first-order chi connectivity index (χ1) is 13.5. The van der Waals surface area contributed by atoms with E-state index in [1.165, 1.54) is 18.9 Å². The van der Waals surface area contributed by atoms with Crippen LogP contribution in [-0.2, 0) is 16.1 Å². The molecule has 1 amide bonds. The van der Waals surface area contributed by atoms with Crippen molar-refractivity contribution in [3.05, 3.63) is 53.8 Å². The molecule has 1 aliphatic rings. The number of ether oxygens (including phenoxy) is 2. The highest BCUT2D eigenvalue weighted by atomic mass is 16.5. The third-order valence-corrected chi connectivity index (χ3v) is 4.79. The van der Waals surface area contributed by atoms with Gasteiger partial charge in [0.1, 0.15) is 11.5 Å². The van der Waals surface area contributed by atoms with Gasteiger partial charge in [-0.25, -0.2) is 4.98 Å². The summed E-state index contributed by atoms with van der Waals surface area (Å²) in [6, 6.07) is 4.46. The number of imidazole rings is 1. The van der Waals surface area contributed by atoms with Crippen LogP contribution < -0.4 is 9.47 Å². The van der Waals surface area contributed by atoms with E-state index in [2.05, 4.69) is 4.98 Å². The van der Waals surface area contributed by atoms with Crippen LogP contribution in [0, 0.1) is 0 Å². The number of methoxy groups -OCH3 is 2. The summed E-state index contributed by atoms with van der Waals surface area (Å²) in [4.78, 5) is 30.4. The number of carbonyl (C=O) groups is 2. The number of aromatic nitrogens is 2. The number of hydrogen-bond acceptors (Lipinski definition) is 6. The van der Waals surface area contributed by atoms with Gasteiger partial charge in [-0.15, -0.1) is 0 Å². The number of aliphatic hydroxyl groups excluding tert-OH is 1. The largest absolute Gasteiger partial charge is 0.503 e. The molecular formula is C20H23N3O5. The predicted octanol–water partition coefficient (Wildman–Crippen LogP) is 2.28. The van der Waals surface area contributed by atoms with Crippen LogP contribution in [-0.4, -0.2) is 52.0 Å². The van der Waals surface area contributed by atoms with Crippen LogP contribution in [0.5, 0.6) is 11.5 Å². The summed E-state index contributed by atoms with van der Waals surface area (Å²) in [5.41, 5.74) is 0.699. The van der Waals surface area contributed by atoms with Gasteiger partial charge >= 0.3 is 0 Å². The van der Waals surface area contributed by atoms with Gasteiger partial charge in [0.15, 0.2) is 11.5 Å². The molecule has 0 unspecified atom stereocenters. The molecule has 0 radical (unpaired) electrons. The molecule has 2 heterocycles. The highest BCUT2D eigenvalue weighted by Gasteiger charge is 2.43. The lowest BCUT2D eigenvalue weighted by atomic mass is 9.95. The number of ketones is 1. The second-order valence-corrected chi connectivity index (χ2v) is 6.48. The maximum Gasteiger partial charge on any atom is 0.290 e. The Bertz CT molecular complexity index is 905. The molecule has 0 spiro atoms. The molecule has 148 valence electrons. The maximum atomic E-state index is 12.7. The van der Waals surface area contributed by atoms with Crippen molar-refractivity contribution in [1.82, 2.24) is 14.5 Å². The average Bonchev–Trinajstić information content (AvgIpc) is 3.29. The smallest absolute Gasteiger partial charge is 0.290 e. The van der Waals surface area contributed by atoms with Crippen molar-refractivity contribution >= 4 is 11.7 Å². The molecule has 2 aromatic rings. The fraction of sp³-hybridized carbons (Fsp3) is 0.350. The maximum absolute atomic E-state index is 12.7. The number of rotatable bonds is 8. The Morgan fingerprint density at radius 3 is 2.64 bits per heavy atom. The number of aliphatic hydroxyl groups is 1. The lowest BCUT2D eigenvalue weighted by Gasteiger charge is -2.28. The monoisotopic (exact) mass is 385 g/mol. The van der Waals surface area contributed by atoms with E-state index in [1.807, 2.05) is 10.8 Å². The summed E-state index contributed by atoms with van der Waals surface area (Å²) in [7, 11) is 3.05. The first kappa shape index (κ1) is 19.5. The molecule has 0 aliphatic carbocycles. The molecular weight excluding hydrogens is 362 g/mol. The van der Waals surface area contributed by atoms with Crippen LogP contribution in [0.25, 0.3) is 0 Å². The van der Waals surface area contributed by atoms with Crippen molar-refractivity contribution in [2.75, 3.05) is 20.8 Å². The van der Waals surface area contributed by atoms with Crippen LogP contribution in [0.3, 0.4) is 0 Å². The third-order valence-electron chi connectivity index (χ3n) is 4.79. The van der Waals surface area contributed by atoms with E-state index in [-0.39, 0.29) is 11.4 Å². The van der Waals surface area contributed by atoms with E-state index in [1.54, 1.807) is 37.8 Å². The summed E-state index contributed by atoms with van der Waals surface area (Å²) >= 11 is 0. The zero-order chi connectivity index (χ0) is 20.3. The summed E-state index contributed by atoms with van der Waals surface area (Å²) in [5, 5.41) is 10.4. The van der Waals surface area contributed by atoms with E-state index >= 15 is 0 Å². The van der Waals surface area contributed by atoms with Gasteiger partial charge in [0.2, 0.25) is 0 Å². The number of aryl methyl sites for hydroxylation is 1. The molecule has 0 saturated heterocycles. The number of carbonyl (C=O) groups excluding carboxylic acids is 2. The molecule has 0 fully saturated rings. The Morgan fingerprint density at radius 1 is 1.25 bits per heavy atom. The predicted molar refractivity (Wildman–Crippen MR) is 101 cm³/mol. The van der Waals surface area contributed by atoms with Crippen LogP contribution in [0.2, 0.25) is 0 Å². The van der Waals surface area contributed by atoms with Gasteiger partial charge in [-0.3, -0.25) is 9.59 Å². The van der Waals surface area contributed by atoms with Crippen LogP contribution in [0.15, 0.2) is 48.3 Å². The van der Waals surface area contributed by atoms with Crippen LogP contribution in [0.4, 0.5) is 0 Å². The first-order valence-corrected chi connectivity index (χ1v) is 8.90. The lowest BCUT2D eigenvalue weighted by molar-refractivity contribution is -0.129. The molecule has 1 aromatic carbocycles. The minimum Gasteiger partial charge on any atom is -0.503 e. The van der Waals surface area contributed by atoms with Crippen molar-refractivity contribution in [3.8, 4) is 11.5 Å². The normalized spacial score (nSPS) is 16.6. The van der Waals surface area contributed by atoms with Crippen molar-refractivity contribution < 1.29 is 24.2 Å². The SMILES string of the molecule is COc1ccc([C@H]2C(C(C)=O)=C(O)C(=O)N2CCCn2ccnc2)c(OC)c1. The highest BCUT2D eigenvalue weighted by molar-refractivity contribution is 6.08. The molecule has 1 N–H and O–H groups in total. The average molecular weight is 385 g/mol. The minimum absolute atomic E-state index is 0.0797. The van der Waals surface area contributed by atoms with E-state index in [9.17, 15) is 14.7 Å². The lowest BCUT2D eigenvalue weighted by Crippen LogP contribution is -2.32. The van der Waals surface area contributed by atoms with Crippen molar-refractivity contribution in [2.45, 2.75) is 25.9 Å². The minimum atomic E-state index is -0.714. The van der Waals surface area contributed by atoms with E-state index in [4.69, 9.17) is 9.47 Å². The quantitative estimate of drug-likeness (QED) is 0.749. The summed E-state index contributed by atoms with van der Waals surface area (Å²) in [6.45, 7) is 2.36. The third kappa shape index (κ3) is 3.58. The molecule has 1 aromatic heterocycles. The number of hydrogen-bond donors (Lipinski definition) is 1. The van der Waals surface area contributed by atoms with Gasteiger partial charge < -0.3 is 24.0 Å². The van der Waals surface area contributed by atoms with Crippen molar-refractivity contribution in [2.24, 2.45) is 0 Å². The molecule has 1 aliphatic heterocycles. The Labute approximate surface area is 163 Å². The number of nitrogens with zero attached hydrogens (tertiary/aromatic N) is 3. The van der Waals surface area contributed by atoms with Gasteiger partial charge in [0, 0.05) is 37.1 Å². The topological polar surface area (TPSA) is 93.9 Å². The van der Waals surface area contributed by atoms with Gasteiger partial charge in [-0.2, -0.15) is 0 Å². The van der Waals surface area contributed by atoms with Gasteiger partial charge in [0.25, 0.3) is 5.91 Å². The molecule has 28 heavy (non-hydrogen) atoms. The fourth-order valence-corrected chi connectivity index (χ4v) is 3.45. The molecule has 0 saturated carbocycles. The first-order valence-electron chi connectivity index (χ1n) is 8.90. The number of benzene rings is 1. The molecule has 8 nitrogen and oxygen atoms in total. The highest BCUT2D eigenvalue weighted by Crippen LogP contribution is 2.42. The number of amides is 1. The Morgan fingerprint density at radius 2 is 2.04 bits per heavy atom. The summed E-state index contributed by atoms with van der Waals surface area (Å²) in [5.74, 6) is -0.345. The standard InChI is InChI=1S/C20H23N3O5/c1-13(24)17-18(15-6-5-14(27-2)11-16(15)28-3)23(20(26)19(17)25)9-4-8-22-10-7-21-12-22/h5-7,10-12,18,25H,4,8-9H2,1-3H3/t18-/m0/s1. The fourth-order valence-electron chi connectivity index (χ4n) is 3.45. The molecule has 1 atom stereocenters. The van der Waals surface area contributed by atoms with Crippen molar-refractivity contribution in [1.29, 1.82) is 0 Å². The van der Waals surface area contributed by atoms with Gasteiger partial charge in [-0.1, -0.05) is 0 Å². The number of Topliss-reactive ketones (excluding diaryl/α,β-unsaturated/α-hetero) is 1. The second kappa shape index (κ2) is 8.16. The van der Waals surface area contributed by atoms with Gasteiger partial charge in [-0.05, 0) is 25.5 Å². The Balaban J connectivity index is 1.94. The zero-order valence-electron chi connectivity index (χ0n) is 16.1. The van der Waals surface area contributed by atoms with Crippen LogP contribution in [0.1, 0.15) is 24.9 Å².